The number of hydrogen-bond acceptors (Lipinski definition) is 1. The van der Waals surface area contributed by atoms with Gasteiger partial charge in [0, 0.05) is 12.2 Å². The van der Waals surface area contributed by atoms with E-state index < -0.39 is 0 Å². The normalized spacial score (nSPS) is 13.0. The van der Waals surface area contributed by atoms with E-state index in [0.29, 0.717) is 0 Å². The van der Waals surface area contributed by atoms with Crippen molar-refractivity contribution in [3.63, 3.8) is 0 Å². The zero-order valence-electron chi connectivity index (χ0n) is 13.7. The van der Waals surface area contributed by atoms with Crippen molar-refractivity contribution in [1.29, 1.82) is 0 Å². The van der Waals surface area contributed by atoms with Crippen molar-refractivity contribution in [3.8, 4) is 0 Å². The fourth-order valence-corrected chi connectivity index (χ4v) is 2.46. The standard InChI is InChI=1S/C19H27N/c1-8-13(4)19(14(5)9-2)17-11-12-18(20-10-3)16(7)15(17)6/h8-9,11-12,20H,1,10H2,2-7H3/b14-9+,19-13+. The van der Waals surface area contributed by atoms with Gasteiger partial charge in [-0.3, -0.25) is 0 Å². The maximum Gasteiger partial charge on any atom is 0.0372 e. The molecule has 0 spiro atoms. The highest BCUT2D eigenvalue weighted by Crippen LogP contribution is 2.33. The molecular weight excluding hydrogens is 242 g/mol. The molecule has 0 aliphatic rings. The van der Waals surface area contributed by atoms with Crippen LogP contribution in [0.3, 0.4) is 0 Å². The SMILES string of the molecule is C=C/C(C)=C(\C(C)=C\C)c1ccc(NCC)c(C)c1C. The second-order valence-corrected chi connectivity index (χ2v) is 5.17. The van der Waals surface area contributed by atoms with Crippen molar-refractivity contribution in [3.05, 3.63) is 58.7 Å². The van der Waals surface area contributed by atoms with E-state index in [4.69, 9.17) is 0 Å². The van der Waals surface area contributed by atoms with Crippen LogP contribution in [0.1, 0.15) is 44.4 Å². The number of hydrogen-bond donors (Lipinski definition) is 1. The summed E-state index contributed by atoms with van der Waals surface area (Å²) in [5.41, 5.74) is 9.00. The molecule has 1 heteroatoms. The second-order valence-electron chi connectivity index (χ2n) is 5.17. The Morgan fingerprint density at radius 3 is 2.35 bits per heavy atom. The van der Waals surface area contributed by atoms with Crippen LogP contribution in [0.15, 0.2) is 42.0 Å². The summed E-state index contributed by atoms with van der Waals surface area (Å²) in [6.45, 7) is 17.8. The van der Waals surface area contributed by atoms with E-state index in [1.165, 1.54) is 39.1 Å². The first-order chi connectivity index (χ1) is 9.47. The molecule has 0 saturated carbocycles. The fraction of sp³-hybridized carbons (Fsp3) is 0.368. The summed E-state index contributed by atoms with van der Waals surface area (Å²) in [5.74, 6) is 0. The van der Waals surface area contributed by atoms with Gasteiger partial charge in [0.1, 0.15) is 0 Å². The third-order valence-electron chi connectivity index (χ3n) is 3.95. The molecule has 0 unspecified atom stereocenters. The molecule has 1 N–H and O–H groups in total. The van der Waals surface area contributed by atoms with Gasteiger partial charge in [-0.2, -0.15) is 0 Å². The molecule has 1 nitrogen and oxygen atoms in total. The number of allylic oxidation sites excluding steroid dienone is 5. The van der Waals surface area contributed by atoms with Crippen molar-refractivity contribution in [1.82, 2.24) is 0 Å². The molecular formula is C19H27N. The molecule has 1 aromatic carbocycles. The quantitative estimate of drug-likeness (QED) is 0.680. The van der Waals surface area contributed by atoms with Crippen LogP contribution in [0.5, 0.6) is 0 Å². The van der Waals surface area contributed by atoms with Crippen LogP contribution < -0.4 is 5.32 Å². The van der Waals surface area contributed by atoms with Crippen molar-refractivity contribution in [2.75, 3.05) is 11.9 Å². The van der Waals surface area contributed by atoms with Crippen LogP contribution in [0.2, 0.25) is 0 Å². The van der Waals surface area contributed by atoms with E-state index in [-0.39, 0.29) is 0 Å². The molecule has 1 rings (SSSR count). The van der Waals surface area contributed by atoms with Gasteiger partial charge in [-0.05, 0) is 81.0 Å². The van der Waals surface area contributed by atoms with Gasteiger partial charge in [-0.15, -0.1) is 0 Å². The minimum Gasteiger partial charge on any atom is -0.385 e. The van der Waals surface area contributed by atoms with Gasteiger partial charge in [0.15, 0.2) is 0 Å². The van der Waals surface area contributed by atoms with Crippen LogP contribution in [0.4, 0.5) is 5.69 Å². The topological polar surface area (TPSA) is 12.0 Å². The average molecular weight is 269 g/mol. The first-order valence-corrected chi connectivity index (χ1v) is 7.28. The van der Waals surface area contributed by atoms with E-state index in [1.54, 1.807) is 0 Å². The van der Waals surface area contributed by atoms with Gasteiger partial charge >= 0.3 is 0 Å². The highest BCUT2D eigenvalue weighted by molar-refractivity contribution is 5.85. The van der Waals surface area contributed by atoms with Crippen LogP contribution in [0.25, 0.3) is 5.57 Å². The predicted molar refractivity (Wildman–Crippen MR) is 92.3 cm³/mol. The van der Waals surface area contributed by atoms with Gasteiger partial charge in [-0.25, -0.2) is 0 Å². The van der Waals surface area contributed by atoms with E-state index in [9.17, 15) is 0 Å². The first kappa shape index (κ1) is 16.3. The minimum atomic E-state index is 0.946. The summed E-state index contributed by atoms with van der Waals surface area (Å²) in [7, 11) is 0. The van der Waals surface area contributed by atoms with Crippen molar-refractivity contribution < 1.29 is 0 Å². The first-order valence-electron chi connectivity index (χ1n) is 7.28. The second kappa shape index (κ2) is 7.14. The van der Waals surface area contributed by atoms with Crippen LogP contribution in [0, 0.1) is 13.8 Å². The lowest BCUT2D eigenvalue weighted by Crippen LogP contribution is -2.03. The Balaban J connectivity index is 3.52. The molecule has 0 radical (unpaired) electrons. The molecule has 0 heterocycles. The average Bonchev–Trinajstić information content (AvgIpc) is 2.46. The van der Waals surface area contributed by atoms with Gasteiger partial charge in [0.2, 0.25) is 0 Å². The lowest BCUT2D eigenvalue weighted by atomic mass is 9.89. The zero-order valence-corrected chi connectivity index (χ0v) is 13.7. The van der Waals surface area contributed by atoms with Gasteiger partial charge in [0.05, 0.1) is 0 Å². The molecule has 0 aliphatic carbocycles. The highest BCUT2D eigenvalue weighted by atomic mass is 14.9. The molecule has 108 valence electrons. The largest absolute Gasteiger partial charge is 0.385 e. The number of anilines is 1. The van der Waals surface area contributed by atoms with Gasteiger partial charge in [-0.1, -0.05) is 24.8 Å². The van der Waals surface area contributed by atoms with Crippen LogP contribution in [-0.2, 0) is 0 Å². The zero-order chi connectivity index (χ0) is 15.3. The van der Waals surface area contributed by atoms with E-state index in [1.807, 2.05) is 6.08 Å². The lowest BCUT2D eigenvalue weighted by molar-refractivity contribution is 1.18. The van der Waals surface area contributed by atoms with E-state index in [0.717, 1.165) is 6.54 Å². The molecule has 0 aliphatic heterocycles. The Bertz CT molecular complexity index is 559. The Morgan fingerprint density at radius 1 is 1.20 bits per heavy atom. The Labute approximate surface area is 124 Å². The Hall–Kier alpha value is -1.76. The maximum absolute atomic E-state index is 3.93. The smallest absolute Gasteiger partial charge is 0.0372 e. The van der Waals surface area contributed by atoms with Crippen molar-refractivity contribution >= 4 is 11.3 Å². The molecule has 0 aromatic heterocycles. The monoisotopic (exact) mass is 269 g/mol. The van der Waals surface area contributed by atoms with Gasteiger partial charge < -0.3 is 5.32 Å². The molecule has 1 aromatic rings. The number of rotatable bonds is 5. The van der Waals surface area contributed by atoms with Gasteiger partial charge in [0.25, 0.3) is 0 Å². The van der Waals surface area contributed by atoms with Crippen LogP contribution in [-0.4, -0.2) is 6.54 Å². The van der Waals surface area contributed by atoms with Crippen LogP contribution >= 0.6 is 0 Å². The summed E-state index contributed by atoms with van der Waals surface area (Å²) in [5, 5.41) is 3.42. The summed E-state index contributed by atoms with van der Waals surface area (Å²) in [6, 6.07) is 4.40. The van der Waals surface area contributed by atoms with Crippen molar-refractivity contribution in [2.24, 2.45) is 0 Å². The summed E-state index contributed by atoms with van der Waals surface area (Å²) in [6.07, 6.45) is 4.10. The Morgan fingerprint density at radius 2 is 1.85 bits per heavy atom. The van der Waals surface area contributed by atoms with E-state index >= 15 is 0 Å². The molecule has 0 saturated heterocycles. The van der Waals surface area contributed by atoms with Crippen molar-refractivity contribution in [2.45, 2.75) is 41.5 Å². The minimum absolute atomic E-state index is 0.946. The molecule has 0 bridgehead atoms. The molecule has 0 amide bonds. The molecule has 0 fully saturated rings. The molecule has 0 atom stereocenters. The summed E-state index contributed by atoms with van der Waals surface area (Å²) in [4.78, 5) is 0. The molecule has 20 heavy (non-hydrogen) atoms. The highest BCUT2D eigenvalue weighted by Gasteiger charge is 2.12. The third-order valence-corrected chi connectivity index (χ3v) is 3.95. The maximum atomic E-state index is 3.93. The Kier molecular flexibility index (Phi) is 5.82. The van der Waals surface area contributed by atoms with E-state index in [2.05, 4.69) is 71.6 Å². The fourth-order valence-electron chi connectivity index (χ4n) is 2.46. The number of benzene rings is 1. The summed E-state index contributed by atoms with van der Waals surface area (Å²) < 4.78 is 0. The lowest BCUT2D eigenvalue weighted by Gasteiger charge is -2.18. The third kappa shape index (κ3) is 3.22. The summed E-state index contributed by atoms with van der Waals surface area (Å²) >= 11 is 0. The number of nitrogens with one attached hydrogen (secondary N) is 1. The predicted octanol–water partition coefficient (Wildman–Crippen LogP) is 5.66.